The molecule has 1 aromatic heterocycles. The standard InChI is InChI=1S/C29H25Cl2N3O3/c1-34(17-15-36-16-17)28-21-9-4-8-19(18-7-5-10-23(30)26(18)31)27(21)32-14-22(28)29(35)33-24-12-13-37-25-11-3-2-6-20(24)25/h2-11,14,17,24H,12-13,15-16H2,1H3,(H,33,35). The highest BCUT2D eigenvalue weighted by atomic mass is 35.5. The van der Waals surface area contributed by atoms with E-state index in [9.17, 15) is 4.79 Å². The molecule has 3 aromatic carbocycles. The first-order valence-corrected chi connectivity index (χ1v) is 13.0. The zero-order valence-electron chi connectivity index (χ0n) is 20.2. The molecule has 0 spiro atoms. The van der Waals surface area contributed by atoms with Crippen molar-refractivity contribution < 1.29 is 14.3 Å². The molecule has 1 N–H and O–H groups in total. The number of hydrogen-bond donors (Lipinski definition) is 1. The van der Waals surface area contributed by atoms with Gasteiger partial charge < -0.3 is 19.7 Å². The van der Waals surface area contributed by atoms with Gasteiger partial charge in [-0.25, -0.2) is 0 Å². The number of aromatic nitrogens is 1. The summed E-state index contributed by atoms with van der Waals surface area (Å²) in [5.41, 5.74) is 4.72. The van der Waals surface area contributed by atoms with Gasteiger partial charge in [0.1, 0.15) is 5.75 Å². The van der Waals surface area contributed by atoms with Crippen molar-refractivity contribution >= 4 is 45.7 Å². The molecule has 8 heteroatoms. The third-order valence-electron chi connectivity index (χ3n) is 7.14. The van der Waals surface area contributed by atoms with Gasteiger partial charge in [-0.05, 0) is 12.1 Å². The number of rotatable bonds is 5. The van der Waals surface area contributed by atoms with Gasteiger partial charge in [-0.1, -0.05) is 71.7 Å². The van der Waals surface area contributed by atoms with Gasteiger partial charge >= 0.3 is 0 Å². The smallest absolute Gasteiger partial charge is 0.255 e. The van der Waals surface area contributed by atoms with E-state index in [2.05, 4.69) is 10.2 Å². The topological polar surface area (TPSA) is 63.7 Å². The normalized spacial score (nSPS) is 17.0. The van der Waals surface area contributed by atoms with Crippen molar-refractivity contribution in [3.05, 3.63) is 88.0 Å². The van der Waals surface area contributed by atoms with Crippen LogP contribution in [0.2, 0.25) is 10.0 Å². The predicted octanol–water partition coefficient (Wildman–Crippen LogP) is 6.30. The van der Waals surface area contributed by atoms with Crippen LogP contribution in [-0.2, 0) is 4.74 Å². The Bertz CT molecular complexity index is 1510. The van der Waals surface area contributed by atoms with Crippen LogP contribution in [0.1, 0.15) is 28.4 Å². The van der Waals surface area contributed by atoms with Crippen molar-refractivity contribution in [1.82, 2.24) is 10.3 Å². The van der Waals surface area contributed by atoms with Crippen LogP contribution in [0.25, 0.3) is 22.0 Å². The average molecular weight is 534 g/mol. The molecule has 1 fully saturated rings. The number of hydrogen-bond acceptors (Lipinski definition) is 5. The first-order chi connectivity index (χ1) is 18.0. The van der Waals surface area contributed by atoms with E-state index in [1.54, 1.807) is 12.3 Å². The molecule has 0 aliphatic carbocycles. The molecule has 6 rings (SSSR count). The third-order valence-corrected chi connectivity index (χ3v) is 7.96. The number of para-hydroxylation sites is 2. The molecule has 1 amide bonds. The monoisotopic (exact) mass is 533 g/mol. The number of likely N-dealkylation sites (N-methyl/N-ethyl adjacent to an activating group) is 1. The summed E-state index contributed by atoms with van der Waals surface area (Å²) >= 11 is 12.9. The van der Waals surface area contributed by atoms with Crippen molar-refractivity contribution in [3.63, 3.8) is 0 Å². The second-order valence-corrected chi connectivity index (χ2v) is 10.1. The molecule has 0 radical (unpaired) electrons. The Morgan fingerprint density at radius 3 is 2.62 bits per heavy atom. The second kappa shape index (κ2) is 9.86. The zero-order valence-corrected chi connectivity index (χ0v) is 21.7. The fraction of sp³-hybridized carbons (Fsp3) is 0.241. The summed E-state index contributed by atoms with van der Waals surface area (Å²) in [6, 6.07) is 19.3. The van der Waals surface area contributed by atoms with Gasteiger partial charge in [-0.3, -0.25) is 9.78 Å². The molecule has 6 nitrogen and oxygen atoms in total. The van der Waals surface area contributed by atoms with Crippen molar-refractivity contribution in [2.45, 2.75) is 18.5 Å². The number of fused-ring (bicyclic) bond motifs is 2. The van der Waals surface area contributed by atoms with Crippen LogP contribution >= 0.6 is 23.2 Å². The molecule has 3 heterocycles. The van der Waals surface area contributed by atoms with Gasteiger partial charge in [-0.2, -0.15) is 0 Å². The number of carbonyl (C=O) groups excluding carboxylic acids is 1. The Balaban J connectivity index is 1.46. The highest BCUT2D eigenvalue weighted by molar-refractivity contribution is 6.44. The Kier molecular flexibility index (Phi) is 6.41. The number of benzene rings is 3. The third kappa shape index (κ3) is 4.29. The maximum atomic E-state index is 13.8. The predicted molar refractivity (Wildman–Crippen MR) is 147 cm³/mol. The van der Waals surface area contributed by atoms with Crippen LogP contribution in [0.15, 0.2) is 66.9 Å². The van der Waals surface area contributed by atoms with Gasteiger partial charge in [0, 0.05) is 41.7 Å². The maximum absolute atomic E-state index is 13.8. The molecule has 0 saturated carbocycles. The number of amides is 1. The SMILES string of the molecule is CN(c1c(C(=O)NC2CCOc3ccccc32)cnc2c(-c3cccc(Cl)c3Cl)cccc12)C1COC1. The van der Waals surface area contributed by atoms with Crippen molar-refractivity contribution in [2.24, 2.45) is 0 Å². The van der Waals surface area contributed by atoms with Crippen LogP contribution in [0.5, 0.6) is 5.75 Å². The molecule has 1 unspecified atom stereocenters. The molecule has 37 heavy (non-hydrogen) atoms. The molecule has 2 aliphatic heterocycles. The summed E-state index contributed by atoms with van der Waals surface area (Å²) in [4.78, 5) is 20.7. The second-order valence-electron chi connectivity index (χ2n) is 9.33. The average Bonchev–Trinajstić information content (AvgIpc) is 2.88. The summed E-state index contributed by atoms with van der Waals surface area (Å²) in [6.45, 7) is 1.76. The van der Waals surface area contributed by atoms with E-state index in [1.807, 2.05) is 61.6 Å². The lowest BCUT2D eigenvalue weighted by atomic mass is 9.97. The van der Waals surface area contributed by atoms with Gasteiger partial charge in [0.2, 0.25) is 0 Å². The summed E-state index contributed by atoms with van der Waals surface area (Å²) in [7, 11) is 2.00. The lowest BCUT2D eigenvalue weighted by Crippen LogP contribution is -2.48. The molecular weight excluding hydrogens is 509 g/mol. The van der Waals surface area contributed by atoms with E-state index in [0.29, 0.717) is 41.9 Å². The van der Waals surface area contributed by atoms with E-state index in [-0.39, 0.29) is 18.0 Å². The summed E-state index contributed by atoms with van der Waals surface area (Å²) in [5.74, 6) is 0.632. The van der Waals surface area contributed by atoms with Gasteiger partial charge in [0.05, 0.1) is 58.7 Å². The van der Waals surface area contributed by atoms with E-state index >= 15 is 0 Å². The first kappa shape index (κ1) is 24.0. The quantitative estimate of drug-likeness (QED) is 0.326. The summed E-state index contributed by atoms with van der Waals surface area (Å²) in [5, 5.41) is 5.05. The molecular formula is C29H25Cl2N3O3. The van der Waals surface area contributed by atoms with Crippen LogP contribution in [0, 0.1) is 0 Å². The van der Waals surface area contributed by atoms with Crippen LogP contribution in [-0.4, -0.2) is 43.8 Å². The Morgan fingerprint density at radius 1 is 1.03 bits per heavy atom. The minimum absolute atomic E-state index is 0.144. The minimum atomic E-state index is -0.176. The number of halogens is 2. The minimum Gasteiger partial charge on any atom is -0.493 e. The highest BCUT2D eigenvalue weighted by Gasteiger charge is 2.30. The number of nitrogens with zero attached hydrogens (tertiary/aromatic N) is 2. The molecule has 0 bridgehead atoms. The molecule has 188 valence electrons. The summed E-state index contributed by atoms with van der Waals surface area (Å²) < 4.78 is 11.3. The van der Waals surface area contributed by atoms with Gasteiger partial charge in [0.15, 0.2) is 0 Å². The number of nitrogens with one attached hydrogen (secondary N) is 1. The lowest BCUT2D eigenvalue weighted by Gasteiger charge is -2.37. The Hall–Kier alpha value is -3.32. The molecule has 1 saturated heterocycles. The molecule has 1 atom stereocenters. The Labute approximate surface area is 225 Å². The van der Waals surface area contributed by atoms with Crippen LogP contribution in [0.4, 0.5) is 5.69 Å². The first-order valence-electron chi connectivity index (χ1n) is 12.2. The largest absolute Gasteiger partial charge is 0.493 e. The van der Waals surface area contributed by atoms with Crippen molar-refractivity contribution in [1.29, 1.82) is 0 Å². The Morgan fingerprint density at radius 2 is 1.81 bits per heavy atom. The number of anilines is 1. The van der Waals surface area contributed by atoms with Crippen molar-refractivity contribution in [3.8, 4) is 16.9 Å². The fourth-order valence-corrected chi connectivity index (χ4v) is 5.44. The maximum Gasteiger partial charge on any atom is 0.255 e. The van der Waals surface area contributed by atoms with Gasteiger partial charge in [0.25, 0.3) is 5.91 Å². The fourth-order valence-electron chi connectivity index (χ4n) is 5.04. The van der Waals surface area contributed by atoms with Gasteiger partial charge in [-0.15, -0.1) is 0 Å². The summed E-state index contributed by atoms with van der Waals surface area (Å²) in [6.07, 6.45) is 2.36. The van der Waals surface area contributed by atoms with Crippen LogP contribution < -0.4 is 15.0 Å². The molecule has 2 aliphatic rings. The number of pyridine rings is 1. The van der Waals surface area contributed by atoms with E-state index < -0.39 is 0 Å². The van der Waals surface area contributed by atoms with E-state index in [4.69, 9.17) is 37.7 Å². The van der Waals surface area contributed by atoms with E-state index in [0.717, 1.165) is 39.0 Å². The molecule has 4 aromatic rings. The highest BCUT2D eigenvalue weighted by Crippen LogP contribution is 2.40. The number of ether oxygens (including phenoxy) is 2. The van der Waals surface area contributed by atoms with Crippen LogP contribution in [0.3, 0.4) is 0 Å². The number of carbonyl (C=O) groups is 1. The van der Waals surface area contributed by atoms with E-state index in [1.165, 1.54) is 0 Å². The van der Waals surface area contributed by atoms with Crippen molar-refractivity contribution in [2.75, 3.05) is 31.8 Å². The lowest BCUT2D eigenvalue weighted by molar-refractivity contribution is 0.0102. The zero-order chi connectivity index (χ0) is 25.5.